The van der Waals surface area contributed by atoms with Gasteiger partial charge in [-0.05, 0) is 65.0 Å². The molecular weight excluding hydrogens is 457 g/mol. The highest BCUT2D eigenvalue weighted by Crippen LogP contribution is 2.31. The normalized spacial score (nSPS) is 14.4. The fourth-order valence-electron chi connectivity index (χ4n) is 4.31. The second kappa shape index (κ2) is 9.00. The molecule has 0 spiro atoms. The lowest BCUT2D eigenvalue weighted by Crippen LogP contribution is -2.33. The largest absolute Gasteiger partial charge is 0.768 e. The third-order valence-corrected chi connectivity index (χ3v) is 6.73. The first kappa shape index (κ1) is 22.2. The monoisotopic (exact) mass is 478 g/mol. The zero-order valence-electron chi connectivity index (χ0n) is 18.3. The summed E-state index contributed by atoms with van der Waals surface area (Å²) in [7, 11) is 0. The fourth-order valence-corrected chi connectivity index (χ4v) is 4.76. The number of carbonyl (C=O) groups is 1. The first-order chi connectivity index (χ1) is 16.5. The SMILES string of the molecule is CCc1c(C(=O)N2CCOc3ccc(-c4ccc5nc[nH]c5c4)cc3C2)ccc(S(=O)[O-])c1F. The summed E-state index contributed by atoms with van der Waals surface area (Å²) >= 11 is -2.71. The summed E-state index contributed by atoms with van der Waals surface area (Å²) in [6, 6.07) is 14.3. The molecule has 4 aromatic rings. The van der Waals surface area contributed by atoms with E-state index in [1.165, 1.54) is 6.07 Å². The minimum atomic E-state index is -2.71. The van der Waals surface area contributed by atoms with E-state index in [0.29, 0.717) is 18.9 Å². The van der Waals surface area contributed by atoms with E-state index in [9.17, 15) is 17.9 Å². The highest BCUT2D eigenvalue weighted by atomic mass is 32.2. The summed E-state index contributed by atoms with van der Waals surface area (Å²) in [5, 5.41) is 0. The molecule has 0 fully saturated rings. The van der Waals surface area contributed by atoms with Crippen LogP contribution in [0, 0.1) is 5.82 Å². The zero-order valence-corrected chi connectivity index (χ0v) is 19.2. The Morgan fingerprint density at radius 2 is 2.00 bits per heavy atom. The summed E-state index contributed by atoms with van der Waals surface area (Å²) in [5.41, 5.74) is 4.87. The van der Waals surface area contributed by atoms with Gasteiger partial charge in [0.25, 0.3) is 5.91 Å². The van der Waals surface area contributed by atoms with Crippen molar-refractivity contribution in [2.75, 3.05) is 13.2 Å². The van der Waals surface area contributed by atoms with Crippen LogP contribution in [-0.4, -0.2) is 42.7 Å². The number of carbonyl (C=O) groups excluding carboxylic acids is 1. The lowest BCUT2D eigenvalue weighted by molar-refractivity contribution is 0.0731. The van der Waals surface area contributed by atoms with Gasteiger partial charge in [-0.25, -0.2) is 9.37 Å². The van der Waals surface area contributed by atoms with E-state index in [4.69, 9.17) is 4.74 Å². The van der Waals surface area contributed by atoms with Crippen molar-refractivity contribution >= 4 is 28.0 Å². The second-order valence-corrected chi connectivity index (χ2v) is 8.93. The smallest absolute Gasteiger partial charge is 0.254 e. The van der Waals surface area contributed by atoms with E-state index < -0.39 is 21.8 Å². The zero-order chi connectivity index (χ0) is 23.8. The van der Waals surface area contributed by atoms with Crippen molar-refractivity contribution < 1.29 is 22.7 Å². The molecule has 0 saturated carbocycles. The number of benzene rings is 3. The number of rotatable bonds is 4. The number of fused-ring (bicyclic) bond motifs is 2. The number of nitrogens with zero attached hydrogens (tertiary/aromatic N) is 2. The number of H-pyrrole nitrogens is 1. The van der Waals surface area contributed by atoms with Crippen molar-refractivity contribution in [2.45, 2.75) is 24.8 Å². The van der Waals surface area contributed by atoms with Gasteiger partial charge in [0.2, 0.25) is 0 Å². The number of aromatic amines is 1. The first-order valence-electron chi connectivity index (χ1n) is 10.9. The molecule has 1 aromatic heterocycles. The predicted molar refractivity (Wildman–Crippen MR) is 125 cm³/mol. The molecule has 0 saturated heterocycles. The summed E-state index contributed by atoms with van der Waals surface area (Å²) < 4.78 is 43.3. The van der Waals surface area contributed by atoms with Crippen molar-refractivity contribution in [3.8, 4) is 16.9 Å². The molecular formula is C25H21FN3O4S-. The number of halogens is 1. The Bertz CT molecular complexity index is 1440. The summed E-state index contributed by atoms with van der Waals surface area (Å²) in [6.07, 6.45) is 1.84. The summed E-state index contributed by atoms with van der Waals surface area (Å²) in [4.78, 5) is 21.9. The van der Waals surface area contributed by atoms with Crippen LogP contribution >= 0.6 is 0 Å². The number of hydrogen-bond donors (Lipinski definition) is 1. The van der Waals surface area contributed by atoms with Gasteiger partial charge < -0.3 is 19.2 Å². The molecule has 34 heavy (non-hydrogen) atoms. The molecule has 0 bridgehead atoms. The van der Waals surface area contributed by atoms with Crippen LogP contribution in [-0.2, 0) is 24.0 Å². The number of amides is 1. The maximum absolute atomic E-state index is 14.8. The summed E-state index contributed by atoms with van der Waals surface area (Å²) in [5.74, 6) is -0.537. The van der Waals surface area contributed by atoms with Crippen molar-refractivity contribution in [1.82, 2.24) is 14.9 Å². The number of ether oxygens (including phenoxy) is 1. The molecule has 5 rings (SSSR count). The molecule has 2 heterocycles. The second-order valence-electron chi connectivity index (χ2n) is 8.02. The van der Waals surface area contributed by atoms with Crippen molar-refractivity contribution in [1.29, 1.82) is 0 Å². The average molecular weight is 479 g/mol. The van der Waals surface area contributed by atoms with Crippen LogP contribution in [0.1, 0.15) is 28.4 Å². The van der Waals surface area contributed by atoms with Crippen LogP contribution in [0.3, 0.4) is 0 Å². The average Bonchev–Trinajstić information content (AvgIpc) is 3.20. The minimum absolute atomic E-state index is 0.0960. The van der Waals surface area contributed by atoms with Gasteiger partial charge in [0.1, 0.15) is 18.2 Å². The lowest BCUT2D eigenvalue weighted by atomic mass is 10.0. The van der Waals surface area contributed by atoms with Gasteiger partial charge in [-0.2, -0.15) is 0 Å². The number of aromatic nitrogens is 2. The number of hydrogen-bond acceptors (Lipinski definition) is 5. The molecule has 0 radical (unpaired) electrons. The molecule has 9 heteroatoms. The van der Waals surface area contributed by atoms with E-state index in [0.717, 1.165) is 33.8 Å². The van der Waals surface area contributed by atoms with Crippen LogP contribution in [0.5, 0.6) is 5.75 Å². The van der Waals surface area contributed by atoms with Gasteiger partial charge in [-0.15, -0.1) is 0 Å². The molecule has 1 atom stereocenters. The Kier molecular flexibility index (Phi) is 5.89. The van der Waals surface area contributed by atoms with Crippen LogP contribution in [0.4, 0.5) is 4.39 Å². The molecule has 174 valence electrons. The van der Waals surface area contributed by atoms with Crippen molar-refractivity contribution in [3.05, 3.63) is 77.4 Å². The lowest BCUT2D eigenvalue weighted by Gasteiger charge is -2.22. The molecule has 0 aliphatic carbocycles. The van der Waals surface area contributed by atoms with E-state index in [1.807, 2.05) is 36.4 Å². The molecule has 1 N–H and O–H groups in total. The molecule has 1 aliphatic rings. The topological polar surface area (TPSA) is 98.4 Å². The van der Waals surface area contributed by atoms with Gasteiger partial charge in [-0.3, -0.25) is 9.00 Å². The van der Waals surface area contributed by atoms with Crippen molar-refractivity contribution in [2.24, 2.45) is 0 Å². The molecule has 1 amide bonds. The van der Waals surface area contributed by atoms with Gasteiger partial charge in [0, 0.05) is 23.2 Å². The van der Waals surface area contributed by atoms with Crippen LogP contribution < -0.4 is 4.74 Å². The number of nitrogens with one attached hydrogen (secondary N) is 1. The maximum Gasteiger partial charge on any atom is 0.254 e. The van der Waals surface area contributed by atoms with E-state index in [-0.39, 0.29) is 30.0 Å². The Labute approximate surface area is 197 Å². The molecule has 7 nitrogen and oxygen atoms in total. The van der Waals surface area contributed by atoms with E-state index >= 15 is 0 Å². The molecule has 1 unspecified atom stereocenters. The Morgan fingerprint density at radius 1 is 1.21 bits per heavy atom. The standard InChI is InChI=1S/C25H22FN3O4S/c1-2-18-19(5-8-23(24(18)26)34(31)32)25(30)29-9-10-33-22-7-4-15(11-17(22)13-29)16-3-6-20-21(12-16)28-14-27-20/h3-8,11-12,14H,2,9-10,13H2,1H3,(H,27,28)(H,31,32)/p-1. The van der Waals surface area contributed by atoms with Gasteiger partial charge in [-0.1, -0.05) is 19.1 Å². The van der Waals surface area contributed by atoms with Gasteiger partial charge >= 0.3 is 0 Å². The molecule has 1 aliphatic heterocycles. The highest BCUT2D eigenvalue weighted by molar-refractivity contribution is 7.79. The Balaban J connectivity index is 1.48. The Hall–Kier alpha value is -3.56. The van der Waals surface area contributed by atoms with Crippen LogP contribution in [0.15, 0.2) is 59.8 Å². The van der Waals surface area contributed by atoms with Crippen LogP contribution in [0.2, 0.25) is 0 Å². The molecule has 3 aromatic carbocycles. The maximum atomic E-state index is 14.8. The predicted octanol–water partition coefficient (Wildman–Crippen LogP) is 4.20. The van der Waals surface area contributed by atoms with E-state index in [2.05, 4.69) is 9.97 Å². The fraction of sp³-hybridized carbons (Fsp3) is 0.200. The van der Waals surface area contributed by atoms with Crippen LogP contribution in [0.25, 0.3) is 22.2 Å². The number of imidazole rings is 1. The highest BCUT2D eigenvalue weighted by Gasteiger charge is 2.25. The minimum Gasteiger partial charge on any atom is -0.768 e. The third-order valence-electron chi connectivity index (χ3n) is 6.05. The Morgan fingerprint density at radius 3 is 2.79 bits per heavy atom. The van der Waals surface area contributed by atoms with Gasteiger partial charge in [0.05, 0.1) is 28.8 Å². The quantitative estimate of drug-likeness (QED) is 0.443. The van der Waals surface area contributed by atoms with Crippen molar-refractivity contribution in [3.63, 3.8) is 0 Å². The van der Waals surface area contributed by atoms with Gasteiger partial charge in [0.15, 0.2) is 0 Å². The van der Waals surface area contributed by atoms with E-state index in [1.54, 1.807) is 18.2 Å². The third kappa shape index (κ3) is 3.97. The first-order valence-corrected chi connectivity index (χ1v) is 11.9. The summed E-state index contributed by atoms with van der Waals surface area (Å²) in [6.45, 7) is 2.60.